The van der Waals surface area contributed by atoms with Gasteiger partial charge < -0.3 is 19.9 Å². The third kappa shape index (κ3) is 4.10. The van der Waals surface area contributed by atoms with E-state index >= 15 is 0 Å². The largest absolute Gasteiger partial charge is 0.381 e. The first-order valence-corrected chi connectivity index (χ1v) is 10.0. The smallest absolute Gasteiger partial charge is 0.225 e. The molecule has 2 amide bonds. The minimum atomic E-state index is -0.215. The Balaban J connectivity index is 1.25. The number of hydrogen-bond acceptors (Lipinski definition) is 5. The molecule has 3 saturated heterocycles. The highest BCUT2D eigenvalue weighted by molar-refractivity contribution is 5.89. The van der Waals surface area contributed by atoms with E-state index in [0.29, 0.717) is 26.2 Å². The molecule has 0 saturated carbocycles. The standard InChI is InChI=1S/C19H29N5O3/c1-13-10-17(22-21-13)23-6-2-15(3-7-23)20-19(26)14-11-18(25)24(12-14)16-4-8-27-9-5-16/h10,14-16H,2-9,11-12H2,1H3,(H,20,26)(H,21,22). The van der Waals surface area contributed by atoms with Crippen molar-refractivity contribution in [3.05, 3.63) is 11.8 Å². The van der Waals surface area contributed by atoms with Crippen LogP contribution in [0.1, 0.15) is 37.8 Å². The number of anilines is 1. The van der Waals surface area contributed by atoms with Gasteiger partial charge in [-0.25, -0.2) is 0 Å². The molecular weight excluding hydrogens is 346 g/mol. The maximum atomic E-state index is 12.7. The second-order valence-electron chi connectivity index (χ2n) is 7.97. The van der Waals surface area contributed by atoms with E-state index in [1.54, 1.807) is 0 Å². The van der Waals surface area contributed by atoms with Crippen molar-refractivity contribution in [3.8, 4) is 0 Å². The summed E-state index contributed by atoms with van der Waals surface area (Å²) in [5.41, 5.74) is 1.06. The molecule has 3 aliphatic heterocycles. The van der Waals surface area contributed by atoms with Crippen LogP contribution in [0.15, 0.2) is 6.07 Å². The number of nitrogens with zero attached hydrogens (tertiary/aromatic N) is 3. The lowest BCUT2D eigenvalue weighted by Crippen LogP contribution is -2.47. The Bertz CT molecular complexity index is 677. The lowest BCUT2D eigenvalue weighted by Gasteiger charge is -2.33. The molecule has 1 atom stereocenters. The Hall–Kier alpha value is -2.09. The Morgan fingerprint density at radius 2 is 2.00 bits per heavy atom. The average molecular weight is 375 g/mol. The van der Waals surface area contributed by atoms with E-state index in [1.165, 1.54) is 0 Å². The molecule has 0 bridgehead atoms. The highest BCUT2D eigenvalue weighted by Crippen LogP contribution is 2.26. The summed E-state index contributed by atoms with van der Waals surface area (Å²) in [4.78, 5) is 29.2. The van der Waals surface area contributed by atoms with Gasteiger partial charge in [0.1, 0.15) is 0 Å². The number of hydrogen-bond donors (Lipinski definition) is 2. The number of ether oxygens (including phenoxy) is 1. The van der Waals surface area contributed by atoms with Crippen LogP contribution in [0.25, 0.3) is 0 Å². The quantitative estimate of drug-likeness (QED) is 0.814. The molecule has 1 aromatic heterocycles. The van der Waals surface area contributed by atoms with Crippen LogP contribution in [0.2, 0.25) is 0 Å². The van der Waals surface area contributed by atoms with Crippen molar-refractivity contribution in [3.63, 3.8) is 0 Å². The Kier molecular flexibility index (Phi) is 5.33. The van der Waals surface area contributed by atoms with Gasteiger partial charge in [0.15, 0.2) is 5.82 Å². The summed E-state index contributed by atoms with van der Waals surface area (Å²) < 4.78 is 5.38. The fourth-order valence-electron chi connectivity index (χ4n) is 4.39. The highest BCUT2D eigenvalue weighted by atomic mass is 16.5. The van der Waals surface area contributed by atoms with Crippen molar-refractivity contribution in [2.45, 2.75) is 51.1 Å². The fourth-order valence-corrected chi connectivity index (χ4v) is 4.39. The Morgan fingerprint density at radius 1 is 1.26 bits per heavy atom. The summed E-state index contributed by atoms with van der Waals surface area (Å²) in [6, 6.07) is 2.47. The molecule has 2 N–H and O–H groups in total. The number of nitrogens with one attached hydrogen (secondary N) is 2. The molecule has 27 heavy (non-hydrogen) atoms. The molecule has 148 valence electrons. The summed E-state index contributed by atoms with van der Waals surface area (Å²) in [5.74, 6) is 0.913. The van der Waals surface area contributed by atoms with Crippen molar-refractivity contribution in [1.82, 2.24) is 20.4 Å². The highest BCUT2D eigenvalue weighted by Gasteiger charge is 2.39. The first-order chi connectivity index (χ1) is 13.1. The number of aromatic nitrogens is 2. The molecule has 0 spiro atoms. The third-order valence-corrected chi connectivity index (χ3v) is 6.02. The van der Waals surface area contributed by atoms with Gasteiger partial charge in [0, 0.05) is 63.1 Å². The first-order valence-electron chi connectivity index (χ1n) is 10.0. The number of carbonyl (C=O) groups is 2. The molecule has 1 unspecified atom stereocenters. The summed E-state index contributed by atoms with van der Waals surface area (Å²) in [6.07, 6.45) is 3.91. The molecule has 1 aromatic rings. The van der Waals surface area contributed by atoms with Gasteiger partial charge in [-0.05, 0) is 32.6 Å². The van der Waals surface area contributed by atoms with Crippen molar-refractivity contribution < 1.29 is 14.3 Å². The number of piperidine rings is 1. The molecule has 0 aliphatic carbocycles. The van der Waals surface area contributed by atoms with Gasteiger partial charge in [-0.3, -0.25) is 14.7 Å². The lowest BCUT2D eigenvalue weighted by molar-refractivity contribution is -0.131. The normalized spacial score (nSPS) is 25.2. The van der Waals surface area contributed by atoms with E-state index in [1.807, 2.05) is 17.9 Å². The van der Waals surface area contributed by atoms with Crippen LogP contribution in [-0.2, 0) is 14.3 Å². The number of rotatable bonds is 4. The zero-order valence-electron chi connectivity index (χ0n) is 15.9. The molecule has 3 aliphatic rings. The van der Waals surface area contributed by atoms with Gasteiger partial charge in [-0.1, -0.05) is 0 Å². The van der Waals surface area contributed by atoms with Crippen LogP contribution in [0, 0.1) is 12.8 Å². The minimum Gasteiger partial charge on any atom is -0.381 e. The van der Waals surface area contributed by atoms with Crippen LogP contribution >= 0.6 is 0 Å². The predicted molar refractivity (Wildman–Crippen MR) is 100 cm³/mol. The van der Waals surface area contributed by atoms with E-state index in [9.17, 15) is 9.59 Å². The average Bonchev–Trinajstić information content (AvgIpc) is 3.29. The van der Waals surface area contributed by atoms with Crippen molar-refractivity contribution in [2.24, 2.45) is 5.92 Å². The van der Waals surface area contributed by atoms with Crippen LogP contribution < -0.4 is 10.2 Å². The van der Waals surface area contributed by atoms with Gasteiger partial charge >= 0.3 is 0 Å². The van der Waals surface area contributed by atoms with E-state index < -0.39 is 0 Å². The maximum absolute atomic E-state index is 12.7. The van der Waals surface area contributed by atoms with Gasteiger partial charge in [-0.2, -0.15) is 5.10 Å². The molecule has 3 fully saturated rings. The molecule has 4 heterocycles. The van der Waals surface area contributed by atoms with Gasteiger partial charge in [0.25, 0.3) is 0 Å². The van der Waals surface area contributed by atoms with Crippen LogP contribution in [0.4, 0.5) is 5.82 Å². The summed E-state index contributed by atoms with van der Waals surface area (Å²) in [7, 11) is 0. The van der Waals surface area contributed by atoms with Crippen LogP contribution in [-0.4, -0.2) is 71.8 Å². The summed E-state index contributed by atoms with van der Waals surface area (Å²) in [6.45, 7) is 5.73. The van der Waals surface area contributed by atoms with Gasteiger partial charge in [0.2, 0.25) is 11.8 Å². The first kappa shape index (κ1) is 18.3. The number of aryl methyl sites for hydroxylation is 1. The lowest BCUT2D eigenvalue weighted by atomic mass is 10.0. The topological polar surface area (TPSA) is 90.6 Å². The fraction of sp³-hybridized carbons (Fsp3) is 0.737. The number of carbonyl (C=O) groups excluding carboxylic acids is 2. The van der Waals surface area contributed by atoms with Crippen molar-refractivity contribution >= 4 is 17.6 Å². The van der Waals surface area contributed by atoms with Gasteiger partial charge in [0.05, 0.1) is 5.92 Å². The molecule has 0 radical (unpaired) electrons. The number of amides is 2. The summed E-state index contributed by atoms with van der Waals surface area (Å²) in [5, 5.41) is 10.5. The van der Waals surface area contributed by atoms with Crippen LogP contribution in [0.5, 0.6) is 0 Å². The van der Waals surface area contributed by atoms with Crippen LogP contribution in [0.3, 0.4) is 0 Å². The second kappa shape index (κ2) is 7.88. The molecule has 0 aromatic carbocycles. The molecule has 8 nitrogen and oxygen atoms in total. The van der Waals surface area contributed by atoms with E-state index in [0.717, 1.165) is 50.3 Å². The van der Waals surface area contributed by atoms with Crippen molar-refractivity contribution in [1.29, 1.82) is 0 Å². The zero-order chi connectivity index (χ0) is 18.8. The predicted octanol–water partition coefficient (Wildman–Crippen LogP) is 0.831. The Labute approximate surface area is 159 Å². The van der Waals surface area contributed by atoms with E-state index in [2.05, 4.69) is 20.4 Å². The Morgan fingerprint density at radius 3 is 2.67 bits per heavy atom. The third-order valence-electron chi connectivity index (χ3n) is 6.02. The monoisotopic (exact) mass is 375 g/mol. The number of H-pyrrole nitrogens is 1. The molecular formula is C19H29N5O3. The molecule has 4 rings (SSSR count). The number of likely N-dealkylation sites (tertiary alicyclic amines) is 1. The van der Waals surface area contributed by atoms with Crippen molar-refractivity contribution in [2.75, 3.05) is 37.7 Å². The maximum Gasteiger partial charge on any atom is 0.225 e. The number of aromatic amines is 1. The zero-order valence-corrected chi connectivity index (χ0v) is 15.9. The van der Waals surface area contributed by atoms with Gasteiger partial charge in [-0.15, -0.1) is 0 Å². The second-order valence-corrected chi connectivity index (χ2v) is 7.97. The van der Waals surface area contributed by atoms with E-state index in [4.69, 9.17) is 4.74 Å². The summed E-state index contributed by atoms with van der Waals surface area (Å²) >= 11 is 0. The SMILES string of the molecule is Cc1cc(N2CCC(NC(=O)C3CC(=O)N(C4CCOCC4)C3)CC2)n[nH]1. The molecule has 8 heteroatoms. The van der Waals surface area contributed by atoms with E-state index in [-0.39, 0.29) is 29.8 Å². The minimum absolute atomic E-state index is 0.0342.